The van der Waals surface area contributed by atoms with E-state index in [1.54, 1.807) is 0 Å². The largest absolute Gasteiger partial charge is 0.481 e. The molecule has 0 aliphatic heterocycles. The highest BCUT2D eigenvalue weighted by Crippen LogP contribution is 2.69. The van der Waals surface area contributed by atoms with Crippen LogP contribution in [0.5, 0.6) is 0 Å². The zero-order valence-corrected chi connectivity index (χ0v) is 23.9. The third kappa shape index (κ3) is 5.21. The Hall–Kier alpha value is -2.12. The maximum Gasteiger partial charge on any atom is 0.303 e. The van der Waals surface area contributed by atoms with Crippen molar-refractivity contribution in [3.8, 4) is 0 Å². The van der Waals surface area contributed by atoms with Gasteiger partial charge in [-0.15, -0.1) is 0 Å². The highest BCUT2D eigenvalue weighted by Gasteiger charge is 2.67. The first kappa shape index (κ1) is 28.9. The van der Waals surface area contributed by atoms with E-state index in [0.717, 1.165) is 38.5 Å². The molecule has 0 aromatic rings. The van der Waals surface area contributed by atoms with E-state index in [4.69, 9.17) is 14.2 Å². The predicted molar refractivity (Wildman–Crippen MR) is 139 cm³/mol. The zero-order valence-electron chi connectivity index (χ0n) is 23.9. The van der Waals surface area contributed by atoms with Gasteiger partial charge in [0.1, 0.15) is 18.3 Å². The fraction of sp³-hybridized carbons (Fsp3) is 0.867. The highest BCUT2D eigenvalue weighted by atomic mass is 16.6. The minimum Gasteiger partial charge on any atom is -0.481 e. The Morgan fingerprint density at radius 1 is 0.868 bits per heavy atom. The number of ether oxygens (including phenoxy) is 3. The quantitative estimate of drug-likeness (QED) is 0.352. The van der Waals surface area contributed by atoms with E-state index in [1.807, 2.05) is 0 Å². The van der Waals surface area contributed by atoms with Crippen LogP contribution in [0.15, 0.2) is 0 Å². The van der Waals surface area contributed by atoms with Crippen molar-refractivity contribution in [2.75, 3.05) is 0 Å². The van der Waals surface area contributed by atoms with Gasteiger partial charge in [0, 0.05) is 38.5 Å². The van der Waals surface area contributed by atoms with Gasteiger partial charge in [-0.1, -0.05) is 20.8 Å². The molecule has 4 saturated carbocycles. The number of carbonyl (C=O) groups excluding carboxylic acids is 3. The van der Waals surface area contributed by atoms with Crippen molar-refractivity contribution in [2.24, 2.45) is 46.3 Å². The van der Waals surface area contributed by atoms with E-state index in [0.29, 0.717) is 12.8 Å². The summed E-state index contributed by atoms with van der Waals surface area (Å²) in [6.07, 6.45) is 5.93. The van der Waals surface area contributed by atoms with Gasteiger partial charge in [-0.3, -0.25) is 19.2 Å². The zero-order chi connectivity index (χ0) is 28.0. The number of hydrogen-bond acceptors (Lipinski definition) is 7. The van der Waals surface area contributed by atoms with Crippen molar-refractivity contribution in [1.82, 2.24) is 0 Å². The van der Waals surface area contributed by atoms with Crippen LogP contribution in [0.3, 0.4) is 0 Å². The first-order valence-corrected chi connectivity index (χ1v) is 14.5. The lowest BCUT2D eigenvalue weighted by Crippen LogP contribution is -2.63. The third-order valence-corrected chi connectivity index (χ3v) is 11.2. The molecule has 8 nitrogen and oxygen atoms in total. The van der Waals surface area contributed by atoms with Gasteiger partial charge in [0.2, 0.25) is 0 Å². The standard InChI is InChI=1S/C30H46O8/c1-16(7-10-27(34)35)22-8-9-23-28-24(15-26(30(22,23)6)38-19(4)33)29(5)12-11-21(36-17(2)31)13-20(29)14-25(28)37-18(3)32/h16,20-26,28H,7-15H2,1-6H3,(H,34,35)/t16-,20?,21?,22-,23+,24+,25?,26?,28+,29+,30-/m1/s1. The summed E-state index contributed by atoms with van der Waals surface area (Å²) in [5.41, 5.74) is -0.355. The van der Waals surface area contributed by atoms with Gasteiger partial charge < -0.3 is 19.3 Å². The summed E-state index contributed by atoms with van der Waals surface area (Å²) >= 11 is 0. The Bertz CT molecular complexity index is 947. The summed E-state index contributed by atoms with van der Waals surface area (Å²) in [5.74, 6) is -0.421. The summed E-state index contributed by atoms with van der Waals surface area (Å²) in [4.78, 5) is 47.7. The van der Waals surface area contributed by atoms with Crippen LogP contribution in [0.2, 0.25) is 0 Å². The molecule has 4 unspecified atom stereocenters. The van der Waals surface area contributed by atoms with E-state index in [-0.39, 0.29) is 89.0 Å². The molecule has 0 aromatic carbocycles. The van der Waals surface area contributed by atoms with Crippen LogP contribution in [0.1, 0.15) is 99.3 Å². The van der Waals surface area contributed by atoms with Gasteiger partial charge in [-0.25, -0.2) is 0 Å². The number of rotatable bonds is 7. The second kappa shape index (κ2) is 10.8. The molecule has 4 fully saturated rings. The molecule has 0 amide bonds. The van der Waals surface area contributed by atoms with E-state index in [9.17, 15) is 24.3 Å². The Kier molecular flexibility index (Phi) is 8.21. The molecule has 1 N–H and O–H groups in total. The number of carboxylic acid groups (broad SMARTS) is 1. The summed E-state index contributed by atoms with van der Waals surface area (Å²) in [6, 6.07) is 0. The number of carbonyl (C=O) groups is 4. The molecule has 0 saturated heterocycles. The van der Waals surface area contributed by atoms with Crippen LogP contribution >= 0.6 is 0 Å². The van der Waals surface area contributed by atoms with Gasteiger partial charge >= 0.3 is 23.9 Å². The van der Waals surface area contributed by atoms with Crippen molar-refractivity contribution in [3.05, 3.63) is 0 Å². The number of hydrogen-bond donors (Lipinski definition) is 1. The van der Waals surface area contributed by atoms with Crippen LogP contribution < -0.4 is 0 Å². The monoisotopic (exact) mass is 534 g/mol. The average Bonchev–Trinajstić information content (AvgIpc) is 3.16. The van der Waals surface area contributed by atoms with Gasteiger partial charge in [0.15, 0.2) is 0 Å². The van der Waals surface area contributed by atoms with Crippen molar-refractivity contribution >= 4 is 23.9 Å². The van der Waals surface area contributed by atoms with E-state index >= 15 is 0 Å². The molecule has 214 valence electrons. The Labute approximate surface area is 226 Å². The maximum absolute atomic E-state index is 12.4. The van der Waals surface area contributed by atoms with Crippen LogP contribution in [-0.2, 0) is 33.4 Å². The lowest BCUT2D eigenvalue weighted by atomic mass is 9.43. The number of aliphatic carboxylic acids is 1. The van der Waals surface area contributed by atoms with Crippen molar-refractivity contribution in [2.45, 2.75) is 118 Å². The SMILES string of the molecule is CC(=O)OC1CC[C@@]2(C)C(C1)CC(OC(C)=O)[C@H]1[C@@H]3CC[C@H]([C@H](C)CCC(=O)O)[C@@]3(C)C(OC(C)=O)C[C@@H]12. The maximum atomic E-state index is 12.4. The Morgan fingerprint density at radius 3 is 2.13 bits per heavy atom. The first-order valence-electron chi connectivity index (χ1n) is 14.5. The molecule has 0 radical (unpaired) electrons. The van der Waals surface area contributed by atoms with Gasteiger partial charge in [0.05, 0.1) is 0 Å². The third-order valence-electron chi connectivity index (χ3n) is 11.2. The number of carboxylic acids is 1. The molecule has 8 heteroatoms. The van der Waals surface area contributed by atoms with Gasteiger partial charge in [-0.2, -0.15) is 0 Å². The van der Waals surface area contributed by atoms with Crippen LogP contribution in [0.25, 0.3) is 0 Å². The smallest absolute Gasteiger partial charge is 0.303 e. The molecule has 11 atom stereocenters. The summed E-state index contributed by atoms with van der Waals surface area (Å²) in [6.45, 7) is 11.1. The van der Waals surface area contributed by atoms with E-state index < -0.39 is 5.97 Å². The number of fused-ring (bicyclic) bond motifs is 5. The molecule has 0 aromatic heterocycles. The number of esters is 3. The van der Waals surface area contributed by atoms with Crippen LogP contribution in [-0.4, -0.2) is 47.3 Å². The Balaban J connectivity index is 1.71. The fourth-order valence-electron chi connectivity index (χ4n) is 9.67. The Morgan fingerprint density at radius 2 is 1.53 bits per heavy atom. The molecule has 4 aliphatic rings. The van der Waals surface area contributed by atoms with Gasteiger partial charge in [-0.05, 0) is 86.4 Å². The summed E-state index contributed by atoms with van der Waals surface area (Å²) in [7, 11) is 0. The first-order chi connectivity index (χ1) is 17.8. The van der Waals surface area contributed by atoms with E-state index in [1.165, 1.54) is 20.8 Å². The minimum atomic E-state index is -0.790. The summed E-state index contributed by atoms with van der Waals surface area (Å²) < 4.78 is 17.8. The lowest BCUT2D eigenvalue weighted by Gasteiger charge is -2.64. The lowest BCUT2D eigenvalue weighted by molar-refractivity contribution is -0.224. The minimum absolute atomic E-state index is 0.0370. The summed E-state index contributed by atoms with van der Waals surface area (Å²) in [5, 5.41) is 9.31. The molecule has 0 heterocycles. The molecule has 4 rings (SSSR count). The predicted octanol–water partition coefficient (Wildman–Crippen LogP) is 5.16. The second-order valence-electron chi connectivity index (χ2n) is 13.2. The van der Waals surface area contributed by atoms with Crippen molar-refractivity contribution < 1.29 is 38.5 Å². The molecular formula is C30H46O8. The fourth-order valence-corrected chi connectivity index (χ4v) is 9.67. The highest BCUT2D eigenvalue weighted by molar-refractivity contribution is 5.67. The van der Waals surface area contributed by atoms with Gasteiger partial charge in [0.25, 0.3) is 0 Å². The molecule has 38 heavy (non-hydrogen) atoms. The molecule has 0 spiro atoms. The molecule has 0 bridgehead atoms. The van der Waals surface area contributed by atoms with Crippen LogP contribution in [0.4, 0.5) is 0 Å². The van der Waals surface area contributed by atoms with E-state index in [2.05, 4.69) is 20.8 Å². The molecule has 4 aliphatic carbocycles. The second-order valence-corrected chi connectivity index (χ2v) is 13.2. The van der Waals surface area contributed by atoms with Crippen molar-refractivity contribution in [3.63, 3.8) is 0 Å². The normalized spacial score (nSPS) is 42.6. The van der Waals surface area contributed by atoms with Crippen molar-refractivity contribution in [1.29, 1.82) is 0 Å². The molecular weight excluding hydrogens is 488 g/mol. The topological polar surface area (TPSA) is 116 Å². The average molecular weight is 535 g/mol. The van der Waals surface area contributed by atoms with Crippen LogP contribution in [0, 0.1) is 46.3 Å².